The minimum absolute atomic E-state index is 0.606. The van der Waals surface area contributed by atoms with Crippen molar-refractivity contribution >= 4 is 22.9 Å². The van der Waals surface area contributed by atoms with Crippen molar-refractivity contribution in [2.45, 2.75) is 32.9 Å². The van der Waals surface area contributed by atoms with E-state index in [9.17, 15) is 0 Å². The molecule has 2 rings (SSSR count). The maximum Gasteiger partial charge on any atom is 0.0594 e. The summed E-state index contributed by atoms with van der Waals surface area (Å²) in [5, 5.41) is 6.43. The molecule has 0 aliphatic carbocycles. The fraction of sp³-hybridized carbons (Fsp3) is 0.733. The Morgan fingerprint density at radius 2 is 2.15 bits per heavy atom. The average Bonchev–Trinajstić information content (AvgIpc) is 2.84. The van der Waals surface area contributed by atoms with E-state index in [0.29, 0.717) is 6.04 Å². The van der Waals surface area contributed by atoms with Gasteiger partial charge in [-0.05, 0) is 18.4 Å². The lowest BCUT2D eigenvalue weighted by Crippen LogP contribution is -2.48. The average molecular weight is 317 g/mol. The summed E-state index contributed by atoms with van der Waals surface area (Å²) in [6, 6.07) is 2.65. The van der Waals surface area contributed by atoms with Gasteiger partial charge in [0.15, 0.2) is 0 Å². The van der Waals surface area contributed by atoms with Crippen LogP contribution in [0.25, 0.3) is 0 Å². The highest BCUT2D eigenvalue weighted by Crippen LogP contribution is 2.19. The predicted octanol–water partition coefficient (Wildman–Crippen LogP) is 3.24. The van der Waals surface area contributed by atoms with Gasteiger partial charge >= 0.3 is 0 Å². The fourth-order valence-electron chi connectivity index (χ4n) is 2.66. The molecule has 0 radical (unpaired) electrons. The number of thiophene rings is 1. The molecule has 114 valence electrons. The van der Waals surface area contributed by atoms with E-state index in [1.807, 2.05) is 11.4 Å². The zero-order chi connectivity index (χ0) is 14.4. The second-order valence-corrected chi connectivity index (χ2v) is 7.23. The molecule has 1 aromatic rings. The standard InChI is InChI=1S/C15H25ClN2OS/c1-12(2)7-14(18-3-5-19-6-4-18)9-17-10-15-8-13(16)11-20-15/h8,11-12,14,17H,3-7,9-10H2,1-2H3. The van der Waals surface area contributed by atoms with Gasteiger partial charge in [0.25, 0.3) is 0 Å². The maximum absolute atomic E-state index is 5.95. The second kappa shape index (κ2) is 8.35. The molecule has 1 atom stereocenters. The van der Waals surface area contributed by atoms with E-state index in [4.69, 9.17) is 16.3 Å². The SMILES string of the molecule is CC(C)CC(CNCc1cc(Cl)cs1)N1CCOCC1. The van der Waals surface area contributed by atoms with E-state index >= 15 is 0 Å². The summed E-state index contributed by atoms with van der Waals surface area (Å²) >= 11 is 7.68. The van der Waals surface area contributed by atoms with Gasteiger partial charge in [0.2, 0.25) is 0 Å². The topological polar surface area (TPSA) is 24.5 Å². The predicted molar refractivity (Wildman–Crippen MR) is 86.7 cm³/mol. The summed E-state index contributed by atoms with van der Waals surface area (Å²) < 4.78 is 5.46. The Bertz CT molecular complexity index is 391. The summed E-state index contributed by atoms with van der Waals surface area (Å²) in [4.78, 5) is 3.87. The Morgan fingerprint density at radius 1 is 1.40 bits per heavy atom. The molecule has 0 bridgehead atoms. The van der Waals surface area contributed by atoms with Crippen LogP contribution in [0.4, 0.5) is 0 Å². The van der Waals surface area contributed by atoms with E-state index in [-0.39, 0.29) is 0 Å². The van der Waals surface area contributed by atoms with E-state index < -0.39 is 0 Å². The van der Waals surface area contributed by atoms with Crippen molar-refractivity contribution in [1.29, 1.82) is 0 Å². The summed E-state index contributed by atoms with van der Waals surface area (Å²) in [7, 11) is 0. The highest BCUT2D eigenvalue weighted by atomic mass is 35.5. The molecular formula is C15H25ClN2OS. The number of ether oxygens (including phenoxy) is 1. The van der Waals surface area contributed by atoms with Crippen molar-refractivity contribution in [1.82, 2.24) is 10.2 Å². The minimum Gasteiger partial charge on any atom is -0.379 e. The lowest BCUT2D eigenvalue weighted by molar-refractivity contribution is 0.0123. The van der Waals surface area contributed by atoms with Crippen LogP contribution in [0, 0.1) is 5.92 Å². The van der Waals surface area contributed by atoms with Crippen LogP contribution in [0.1, 0.15) is 25.1 Å². The third-order valence-corrected chi connectivity index (χ3v) is 4.89. The minimum atomic E-state index is 0.606. The number of morpholine rings is 1. The van der Waals surface area contributed by atoms with Crippen LogP contribution >= 0.6 is 22.9 Å². The van der Waals surface area contributed by atoms with Gasteiger partial charge in [-0.2, -0.15) is 0 Å². The van der Waals surface area contributed by atoms with Crippen molar-refractivity contribution in [3.63, 3.8) is 0 Å². The van der Waals surface area contributed by atoms with Crippen LogP contribution in [-0.4, -0.2) is 43.8 Å². The van der Waals surface area contributed by atoms with Crippen LogP contribution < -0.4 is 5.32 Å². The number of halogens is 1. The highest BCUT2D eigenvalue weighted by molar-refractivity contribution is 7.10. The Labute approximate surface area is 131 Å². The second-order valence-electron chi connectivity index (χ2n) is 5.79. The normalized spacial score (nSPS) is 18.6. The molecular weight excluding hydrogens is 292 g/mol. The van der Waals surface area contributed by atoms with Gasteiger partial charge in [-0.15, -0.1) is 11.3 Å². The van der Waals surface area contributed by atoms with E-state index in [1.54, 1.807) is 11.3 Å². The Kier molecular flexibility index (Phi) is 6.78. The maximum atomic E-state index is 5.95. The zero-order valence-corrected chi connectivity index (χ0v) is 14.0. The summed E-state index contributed by atoms with van der Waals surface area (Å²) in [5.41, 5.74) is 0. The smallest absolute Gasteiger partial charge is 0.0594 e. The van der Waals surface area contributed by atoms with Crippen molar-refractivity contribution in [2.75, 3.05) is 32.8 Å². The number of hydrogen-bond acceptors (Lipinski definition) is 4. The Hall–Kier alpha value is -0.130. The molecule has 0 saturated carbocycles. The van der Waals surface area contributed by atoms with E-state index in [0.717, 1.165) is 50.3 Å². The first kappa shape index (κ1) is 16.2. The van der Waals surface area contributed by atoms with Crippen LogP contribution in [0.5, 0.6) is 0 Å². The quantitative estimate of drug-likeness (QED) is 0.836. The molecule has 3 nitrogen and oxygen atoms in total. The molecule has 2 heterocycles. The van der Waals surface area contributed by atoms with Crippen molar-refractivity contribution in [3.05, 3.63) is 21.3 Å². The third-order valence-electron chi connectivity index (χ3n) is 3.61. The molecule has 1 fully saturated rings. The zero-order valence-electron chi connectivity index (χ0n) is 12.4. The van der Waals surface area contributed by atoms with Crippen LogP contribution in [0.2, 0.25) is 5.02 Å². The summed E-state index contributed by atoms with van der Waals surface area (Å²) in [5.74, 6) is 0.723. The van der Waals surface area contributed by atoms with Gasteiger partial charge in [-0.1, -0.05) is 25.4 Å². The Balaban J connectivity index is 1.80. The first-order valence-electron chi connectivity index (χ1n) is 7.40. The summed E-state index contributed by atoms with van der Waals surface area (Å²) in [6.07, 6.45) is 1.23. The van der Waals surface area contributed by atoms with Crippen LogP contribution in [0.15, 0.2) is 11.4 Å². The van der Waals surface area contributed by atoms with Crippen LogP contribution in [0.3, 0.4) is 0 Å². The van der Waals surface area contributed by atoms with Gasteiger partial charge in [0, 0.05) is 42.5 Å². The fourth-order valence-corrected chi connectivity index (χ4v) is 3.70. The molecule has 5 heteroatoms. The first-order valence-corrected chi connectivity index (χ1v) is 8.66. The van der Waals surface area contributed by atoms with Gasteiger partial charge in [0.05, 0.1) is 18.2 Å². The third kappa shape index (κ3) is 5.34. The van der Waals surface area contributed by atoms with Crippen molar-refractivity contribution < 1.29 is 4.74 Å². The first-order chi connectivity index (χ1) is 9.65. The Morgan fingerprint density at radius 3 is 2.75 bits per heavy atom. The molecule has 0 amide bonds. The van der Waals surface area contributed by atoms with Gasteiger partial charge < -0.3 is 10.1 Å². The van der Waals surface area contributed by atoms with E-state index in [1.165, 1.54) is 11.3 Å². The summed E-state index contributed by atoms with van der Waals surface area (Å²) in [6.45, 7) is 10.4. The van der Waals surface area contributed by atoms with Gasteiger partial charge in [-0.3, -0.25) is 4.90 Å². The molecule has 20 heavy (non-hydrogen) atoms. The lowest BCUT2D eigenvalue weighted by Gasteiger charge is -2.35. The van der Waals surface area contributed by atoms with Gasteiger partial charge in [0.1, 0.15) is 0 Å². The number of nitrogens with zero attached hydrogens (tertiary/aromatic N) is 1. The molecule has 0 spiro atoms. The molecule has 1 unspecified atom stereocenters. The van der Waals surface area contributed by atoms with Crippen LogP contribution in [-0.2, 0) is 11.3 Å². The molecule has 1 aromatic heterocycles. The molecule has 1 aliphatic heterocycles. The van der Waals surface area contributed by atoms with Gasteiger partial charge in [-0.25, -0.2) is 0 Å². The highest BCUT2D eigenvalue weighted by Gasteiger charge is 2.21. The number of rotatable bonds is 7. The molecule has 1 N–H and O–H groups in total. The molecule has 0 aromatic carbocycles. The number of nitrogens with one attached hydrogen (secondary N) is 1. The largest absolute Gasteiger partial charge is 0.379 e. The number of hydrogen-bond donors (Lipinski definition) is 1. The van der Waals surface area contributed by atoms with Crippen molar-refractivity contribution in [3.8, 4) is 0 Å². The molecule has 1 saturated heterocycles. The van der Waals surface area contributed by atoms with E-state index in [2.05, 4.69) is 24.1 Å². The monoisotopic (exact) mass is 316 g/mol. The lowest BCUT2D eigenvalue weighted by atomic mass is 10.0. The molecule has 1 aliphatic rings. The van der Waals surface area contributed by atoms with Crippen molar-refractivity contribution in [2.24, 2.45) is 5.92 Å².